The molecule has 0 saturated heterocycles. The monoisotopic (exact) mass is 355 g/mol. The number of hydrogen-bond donors (Lipinski definition) is 2. The second-order valence-electron chi connectivity index (χ2n) is 5.92. The van der Waals surface area contributed by atoms with Crippen LogP contribution in [0.3, 0.4) is 0 Å². The number of imidazole rings is 1. The summed E-state index contributed by atoms with van der Waals surface area (Å²) < 4.78 is 1.79. The highest BCUT2D eigenvalue weighted by Crippen LogP contribution is 2.10. The zero-order valence-corrected chi connectivity index (χ0v) is 14.5. The van der Waals surface area contributed by atoms with Gasteiger partial charge < -0.3 is 10.3 Å². The van der Waals surface area contributed by atoms with Gasteiger partial charge in [0.05, 0.1) is 28.5 Å². The summed E-state index contributed by atoms with van der Waals surface area (Å²) in [5, 5.41) is 7.13. The van der Waals surface area contributed by atoms with Crippen LogP contribution in [-0.2, 0) is 0 Å². The Morgan fingerprint density at radius 1 is 1.11 bits per heavy atom. The fourth-order valence-electron chi connectivity index (χ4n) is 2.66. The summed E-state index contributed by atoms with van der Waals surface area (Å²) in [5.74, 6) is 6.19. The number of nitrogens with one attached hydrogen (secondary N) is 2. The van der Waals surface area contributed by atoms with E-state index in [1.54, 1.807) is 10.9 Å². The smallest absolute Gasteiger partial charge is 0.287 e. The molecule has 1 amide bonds. The zero-order chi connectivity index (χ0) is 18.5. The Labute approximate surface area is 156 Å². The highest BCUT2D eigenvalue weighted by atomic mass is 16.2. The first kappa shape index (κ1) is 16.6. The minimum atomic E-state index is -0.232. The van der Waals surface area contributed by atoms with Crippen molar-refractivity contribution in [2.75, 3.05) is 6.54 Å². The molecule has 2 N–H and O–H groups in total. The van der Waals surface area contributed by atoms with E-state index in [9.17, 15) is 4.79 Å². The van der Waals surface area contributed by atoms with Gasteiger partial charge in [-0.2, -0.15) is 5.10 Å². The Morgan fingerprint density at radius 3 is 2.78 bits per heavy atom. The first-order valence-corrected chi connectivity index (χ1v) is 8.61. The van der Waals surface area contributed by atoms with Crippen LogP contribution in [0.1, 0.15) is 22.6 Å². The summed E-state index contributed by atoms with van der Waals surface area (Å²) >= 11 is 0. The summed E-state index contributed by atoms with van der Waals surface area (Å²) in [4.78, 5) is 19.4. The van der Waals surface area contributed by atoms with Crippen LogP contribution in [0.25, 0.3) is 16.7 Å². The van der Waals surface area contributed by atoms with E-state index in [0.717, 1.165) is 22.3 Å². The lowest BCUT2D eigenvalue weighted by molar-refractivity contribution is 0.0945. The highest BCUT2D eigenvalue weighted by Gasteiger charge is 2.09. The summed E-state index contributed by atoms with van der Waals surface area (Å²) in [6, 6.07) is 17.4. The van der Waals surface area contributed by atoms with Crippen LogP contribution in [0, 0.1) is 11.8 Å². The third-order valence-electron chi connectivity index (χ3n) is 3.98. The summed E-state index contributed by atoms with van der Waals surface area (Å²) in [6.45, 7) is 0.454. The highest BCUT2D eigenvalue weighted by molar-refractivity contribution is 5.94. The van der Waals surface area contributed by atoms with Crippen LogP contribution in [0.5, 0.6) is 0 Å². The van der Waals surface area contributed by atoms with Crippen molar-refractivity contribution >= 4 is 16.9 Å². The quantitative estimate of drug-likeness (QED) is 0.437. The van der Waals surface area contributed by atoms with Gasteiger partial charge in [-0.15, -0.1) is 0 Å². The van der Waals surface area contributed by atoms with E-state index in [1.807, 2.05) is 60.8 Å². The molecular formula is C21H17N5O. The Morgan fingerprint density at radius 2 is 1.93 bits per heavy atom. The molecule has 4 aromatic rings. The molecule has 132 valence electrons. The molecule has 2 aromatic heterocycles. The molecule has 27 heavy (non-hydrogen) atoms. The summed E-state index contributed by atoms with van der Waals surface area (Å²) in [7, 11) is 0. The van der Waals surface area contributed by atoms with Gasteiger partial charge in [0, 0.05) is 19.2 Å². The number of aromatic amines is 1. The number of carbonyl (C=O) groups is 1. The maximum atomic E-state index is 12.1. The molecule has 0 bridgehead atoms. The Balaban J connectivity index is 1.30. The third-order valence-corrected chi connectivity index (χ3v) is 3.98. The van der Waals surface area contributed by atoms with E-state index in [4.69, 9.17) is 0 Å². The lowest BCUT2D eigenvalue weighted by Gasteiger charge is -1.98. The zero-order valence-electron chi connectivity index (χ0n) is 14.5. The molecule has 0 unspecified atom stereocenters. The van der Waals surface area contributed by atoms with E-state index < -0.39 is 0 Å². The van der Waals surface area contributed by atoms with Gasteiger partial charge in [-0.25, -0.2) is 9.67 Å². The van der Waals surface area contributed by atoms with Crippen LogP contribution in [-0.4, -0.2) is 32.2 Å². The second kappa shape index (κ2) is 7.58. The van der Waals surface area contributed by atoms with Crippen molar-refractivity contribution in [2.24, 2.45) is 0 Å². The molecule has 4 rings (SSSR count). The van der Waals surface area contributed by atoms with Crippen molar-refractivity contribution in [1.82, 2.24) is 25.1 Å². The lowest BCUT2D eigenvalue weighted by Crippen LogP contribution is -2.25. The minimum absolute atomic E-state index is 0.232. The molecule has 0 saturated carbocycles. The molecule has 0 fully saturated rings. The summed E-state index contributed by atoms with van der Waals surface area (Å²) in [5.41, 5.74) is 3.45. The van der Waals surface area contributed by atoms with E-state index >= 15 is 0 Å². The van der Waals surface area contributed by atoms with Gasteiger partial charge in [0.25, 0.3) is 5.91 Å². The molecular weight excluding hydrogens is 338 g/mol. The Bertz CT molecular complexity index is 1100. The number of rotatable bonds is 4. The predicted octanol–water partition coefficient (Wildman–Crippen LogP) is 2.92. The van der Waals surface area contributed by atoms with E-state index in [-0.39, 0.29) is 5.91 Å². The molecule has 0 aliphatic rings. The average molecular weight is 355 g/mol. The average Bonchev–Trinajstić information content (AvgIpc) is 3.35. The molecule has 6 heteroatoms. The molecule has 0 atom stereocenters. The Kier molecular flexibility index (Phi) is 4.66. The number of para-hydroxylation sites is 3. The van der Waals surface area contributed by atoms with Gasteiger partial charge in [0.15, 0.2) is 5.82 Å². The topological polar surface area (TPSA) is 75.6 Å². The summed E-state index contributed by atoms with van der Waals surface area (Å²) in [6.07, 6.45) is 4.16. The third kappa shape index (κ3) is 3.88. The van der Waals surface area contributed by atoms with E-state index in [1.165, 1.54) is 0 Å². The molecule has 0 radical (unpaired) electrons. The van der Waals surface area contributed by atoms with Crippen molar-refractivity contribution in [3.63, 3.8) is 0 Å². The number of aromatic nitrogens is 4. The van der Waals surface area contributed by atoms with Gasteiger partial charge in [0.1, 0.15) is 0 Å². The molecule has 6 nitrogen and oxygen atoms in total. The number of hydrogen-bond acceptors (Lipinski definition) is 3. The van der Waals surface area contributed by atoms with Crippen LogP contribution < -0.4 is 5.32 Å². The van der Waals surface area contributed by atoms with Crippen molar-refractivity contribution < 1.29 is 4.79 Å². The minimum Gasteiger partial charge on any atom is -0.348 e. The number of amides is 1. The van der Waals surface area contributed by atoms with Gasteiger partial charge >= 0.3 is 0 Å². The first-order valence-electron chi connectivity index (χ1n) is 8.61. The SMILES string of the molecule is O=C(NCCC#Cc1cnn(-c2ccccc2)c1)c1nc2ccccc2[nH]1. The van der Waals surface area contributed by atoms with E-state index in [2.05, 4.69) is 32.2 Å². The van der Waals surface area contributed by atoms with Crippen LogP contribution in [0.2, 0.25) is 0 Å². The van der Waals surface area contributed by atoms with Crippen LogP contribution in [0.15, 0.2) is 67.0 Å². The maximum absolute atomic E-state index is 12.1. The van der Waals surface area contributed by atoms with Crippen molar-refractivity contribution in [2.45, 2.75) is 6.42 Å². The fourth-order valence-corrected chi connectivity index (χ4v) is 2.66. The largest absolute Gasteiger partial charge is 0.348 e. The lowest BCUT2D eigenvalue weighted by atomic mass is 10.3. The van der Waals surface area contributed by atoms with Crippen LogP contribution in [0.4, 0.5) is 0 Å². The fraction of sp³-hybridized carbons (Fsp3) is 0.0952. The number of fused-ring (bicyclic) bond motifs is 1. The van der Waals surface area contributed by atoms with Gasteiger partial charge in [-0.1, -0.05) is 42.2 Å². The normalized spacial score (nSPS) is 10.4. The van der Waals surface area contributed by atoms with Gasteiger partial charge in [-0.3, -0.25) is 4.79 Å². The predicted molar refractivity (Wildman–Crippen MR) is 103 cm³/mol. The Hall–Kier alpha value is -3.85. The first-order chi connectivity index (χ1) is 13.3. The maximum Gasteiger partial charge on any atom is 0.287 e. The van der Waals surface area contributed by atoms with Crippen molar-refractivity contribution in [1.29, 1.82) is 0 Å². The molecule has 0 aliphatic heterocycles. The van der Waals surface area contributed by atoms with Crippen LogP contribution >= 0.6 is 0 Å². The second-order valence-corrected chi connectivity index (χ2v) is 5.92. The standard InChI is InChI=1S/C21H17N5O/c27-21(20-24-18-11-4-5-12-19(18)25-20)22-13-7-6-8-16-14-23-26(15-16)17-9-2-1-3-10-17/h1-5,9-12,14-15H,7,13H2,(H,22,27)(H,24,25). The number of carbonyl (C=O) groups excluding carboxylic acids is 1. The molecule has 0 aliphatic carbocycles. The molecule has 0 spiro atoms. The number of nitrogens with zero attached hydrogens (tertiary/aromatic N) is 3. The van der Waals surface area contributed by atoms with E-state index in [0.29, 0.717) is 18.8 Å². The molecule has 2 aromatic carbocycles. The number of benzene rings is 2. The van der Waals surface area contributed by atoms with Gasteiger partial charge in [-0.05, 0) is 24.3 Å². The van der Waals surface area contributed by atoms with Crippen molar-refractivity contribution in [3.8, 4) is 17.5 Å². The number of H-pyrrole nitrogens is 1. The van der Waals surface area contributed by atoms with Crippen molar-refractivity contribution in [3.05, 3.63) is 78.4 Å². The molecule has 2 heterocycles. The van der Waals surface area contributed by atoms with Gasteiger partial charge in [0.2, 0.25) is 0 Å².